The van der Waals surface area contributed by atoms with Crippen molar-refractivity contribution >= 4 is 0 Å². The second-order valence-electron chi connectivity index (χ2n) is 4.30. The van der Waals surface area contributed by atoms with Gasteiger partial charge in [-0.1, -0.05) is 26.8 Å². The fraction of sp³-hybridized carbons (Fsp3) is 0.833. The minimum atomic E-state index is 0.528. The molecule has 0 aliphatic rings. The normalized spacial score (nSPS) is 14.2. The van der Waals surface area contributed by atoms with Crippen LogP contribution in [-0.2, 0) is 0 Å². The summed E-state index contributed by atoms with van der Waals surface area (Å²) < 4.78 is 0. The molecule has 0 amide bonds. The first-order chi connectivity index (χ1) is 6.04. The highest BCUT2D eigenvalue weighted by molar-refractivity contribution is 4.91. The monoisotopic (exact) mass is 183 g/mol. The van der Waals surface area contributed by atoms with Gasteiger partial charge in [0.05, 0.1) is 0 Å². The van der Waals surface area contributed by atoms with Crippen molar-refractivity contribution < 1.29 is 0 Å². The lowest BCUT2D eigenvalue weighted by molar-refractivity contribution is 0.149. The molecule has 78 valence electrons. The summed E-state index contributed by atoms with van der Waals surface area (Å²) in [6, 6.07) is 1.14. The standard InChI is InChI=1S/C12H25N/c1-7-9-13(11(5)6)12(8-2)10(3)4/h8,10-12H,2,7,9H2,1,3-6H3. The molecule has 0 bridgehead atoms. The van der Waals surface area contributed by atoms with Crippen LogP contribution < -0.4 is 0 Å². The molecule has 0 aromatic heterocycles. The van der Waals surface area contributed by atoms with Crippen LogP contribution in [0.4, 0.5) is 0 Å². The first-order valence-electron chi connectivity index (χ1n) is 5.42. The molecule has 1 nitrogen and oxygen atoms in total. The molecular formula is C12H25N. The fourth-order valence-electron chi connectivity index (χ4n) is 1.80. The molecule has 0 aromatic rings. The number of nitrogens with zero attached hydrogens (tertiary/aromatic N) is 1. The minimum absolute atomic E-state index is 0.528. The summed E-state index contributed by atoms with van der Waals surface area (Å²) in [6.45, 7) is 16.4. The topological polar surface area (TPSA) is 3.24 Å². The van der Waals surface area contributed by atoms with Gasteiger partial charge < -0.3 is 0 Å². The molecule has 13 heavy (non-hydrogen) atoms. The van der Waals surface area contributed by atoms with Crippen LogP contribution in [0.15, 0.2) is 12.7 Å². The highest BCUT2D eigenvalue weighted by atomic mass is 15.2. The molecule has 0 spiro atoms. The average molecular weight is 183 g/mol. The molecule has 0 aromatic carbocycles. The average Bonchev–Trinajstić information content (AvgIpc) is 2.03. The van der Waals surface area contributed by atoms with E-state index in [1.54, 1.807) is 0 Å². The van der Waals surface area contributed by atoms with Gasteiger partial charge in [-0.15, -0.1) is 6.58 Å². The smallest absolute Gasteiger partial charge is 0.0301 e. The molecule has 0 saturated carbocycles. The van der Waals surface area contributed by atoms with Crippen LogP contribution in [-0.4, -0.2) is 23.5 Å². The summed E-state index contributed by atoms with van der Waals surface area (Å²) in [5.74, 6) is 0.659. The first-order valence-corrected chi connectivity index (χ1v) is 5.42. The van der Waals surface area contributed by atoms with E-state index in [0.717, 1.165) is 0 Å². The molecule has 0 aliphatic heterocycles. The van der Waals surface area contributed by atoms with Crippen LogP contribution in [0, 0.1) is 5.92 Å². The summed E-state index contributed by atoms with van der Waals surface area (Å²) >= 11 is 0. The van der Waals surface area contributed by atoms with E-state index in [1.807, 2.05) is 0 Å². The lowest BCUT2D eigenvalue weighted by Crippen LogP contribution is -2.42. The second-order valence-corrected chi connectivity index (χ2v) is 4.30. The van der Waals surface area contributed by atoms with Gasteiger partial charge in [-0.25, -0.2) is 0 Å². The molecule has 0 fully saturated rings. The molecule has 1 unspecified atom stereocenters. The predicted octanol–water partition coefficient (Wildman–Crippen LogP) is 3.32. The Labute approximate surface area is 83.8 Å². The third-order valence-electron chi connectivity index (χ3n) is 2.45. The van der Waals surface area contributed by atoms with Gasteiger partial charge >= 0.3 is 0 Å². The zero-order valence-corrected chi connectivity index (χ0v) is 9.88. The summed E-state index contributed by atoms with van der Waals surface area (Å²) in [6.07, 6.45) is 3.30. The van der Waals surface area contributed by atoms with E-state index in [4.69, 9.17) is 0 Å². The Balaban J connectivity index is 4.38. The van der Waals surface area contributed by atoms with Crippen LogP contribution in [0.25, 0.3) is 0 Å². The molecule has 0 heterocycles. The summed E-state index contributed by atoms with van der Waals surface area (Å²) in [7, 11) is 0. The van der Waals surface area contributed by atoms with E-state index in [0.29, 0.717) is 18.0 Å². The molecule has 0 rings (SSSR count). The van der Waals surface area contributed by atoms with E-state index in [2.05, 4.69) is 52.2 Å². The lowest BCUT2D eigenvalue weighted by Gasteiger charge is -2.35. The van der Waals surface area contributed by atoms with E-state index < -0.39 is 0 Å². The molecule has 0 radical (unpaired) electrons. The molecule has 0 N–H and O–H groups in total. The van der Waals surface area contributed by atoms with Crippen molar-refractivity contribution in [3.8, 4) is 0 Å². The van der Waals surface area contributed by atoms with Gasteiger partial charge in [0.2, 0.25) is 0 Å². The molecule has 0 saturated heterocycles. The van der Waals surface area contributed by atoms with Crippen molar-refractivity contribution in [2.24, 2.45) is 5.92 Å². The van der Waals surface area contributed by atoms with Crippen LogP contribution in [0.3, 0.4) is 0 Å². The van der Waals surface area contributed by atoms with E-state index in [9.17, 15) is 0 Å². The van der Waals surface area contributed by atoms with Gasteiger partial charge in [0.15, 0.2) is 0 Å². The van der Waals surface area contributed by atoms with Crippen LogP contribution in [0.5, 0.6) is 0 Å². The van der Waals surface area contributed by atoms with Crippen molar-refractivity contribution in [2.45, 2.75) is 53.1 Å². The maximum Gasteiger partial charge on any atom is 0.0301 e. The Morgan fingerprint density at radius 3 is 2.00 bits per heavy atom. The Bertz CT molecular complexity index is 138. The van der Waals surface area contributed by atoms with Gasteiger partial charge in [0.25, 0.3) is 0 Å². The highest BCUT2D eigenvalue weighted by Gasteiger charge is 2.19. The fourth-order valence-corrected chi connectivity index (χ4v) is 1.80. The maximum absolute atomic E-state index is 3.93. The van der Waals surface area contributed by atoms with Gasteiger partial charge in [0, 0.05) is 12.1 Å². The van der Waals surface area contributed by atoms with Crippen molar-refractivity contribution in [3.05, 3.63) is 12.7 Å². The van der Waals surface area contributed by atoms with Crippen LogP contribution in [0.2, 0.25) is 0 Å². The zero-order valence-electron chi connectivity index (χ0n) is 9.88. The Morgan fingerprint density at radius 2 is 1.77 bits per heavy atom. The van der Waals surface area contributed by atoms with Crippen molar-refractivity contribution in [2.75, 3.05) is 6.54 Å². The van der Waals surface area contributed by atoms with Crippen molar-refractivity contribution in [1.82, 2.24) is 4.90 Å². The summed E-state index contributed by atoms with van der Waals surface area (Å²) in [4.78, 5) is 2.53. The van der Waals surface area contributed by atoms with E-state index in [-0.39, 0.29) is 0 Å². The SMILES string of the molecule is C=CC(C(C)C)N(CCC)C(C)C. The Kier molecular flexibility index (Phi) is 6.06. The third-order valence-corrected chi connectivity index (χ3v) is 2.45. The summed E-state index contributed by atoms with van der Waals surface area (Å²) in [5, 5.41) is 0. The van der Waals surface area contributed by atoms with Crippen LogP contribution >= 0.6 is 0 Å². The third kappa shape index (κ3) is 3.95. The van der Waals surface area contributed by atoms with Gasteiger partial charge in [-0.2, -0.15) is 0 Å². The predicted molar refractivity (Wildman–Crippen MR) is 61.0 cm³/mol. The quantitative estimate of drug-likeness (QED) is 0.571. The number of hydrogen-bond donors (Lipinski definition) is 0. The van der Waals surface area contributed by atoms with Crippen molar-refractivity contribution in [1.29, 1.82) is 0 Å². The molecule has 1 atom stereocenters. The lowest BCUT2D eigenvalue weighted by atomic mass is 10.0. The summed E-state index contributed by atoms with van der Waals surface area (Å²) in [5.41, 5.74) is 0. The van der Waals surface area contributed by atoms with Gasteiger partial charge in [-0.3, -0.25) is 4.90 Å². The number of hydrogen-bond acceptors (Lipinski definition) is 1. The van der Waals surface area contributed by atoms with Crippen molar-refractivity contribution in [3.63, 3.8) is 0 Å². The van der Waals surface area contributed by atoms with Gasteiger partial charge in [-0.05, 0) is 32.7 Å². The van der Waals surface area contributed by atoms with E-state index >= 15 is 0 Å². The first kappa shape index (κ1) is 12.7. The van der Waals surface area contributed by atoms with Crippen LogP contribution in [0.1, 0.15) is 41.0 Å². The second kappa shape index (κ2) is 6.20. The minimum Gasteiger partial charge on any atom is -0.294 e. The largest absolute Gasteiger partial charge is 0.294 e. The molecule has 0 aliphatic carbocycles. The Hall–Kier alpha value is -0.300. The maximum atomic E-state index is 3.93. The zero-order chi connectivity index (χ0) is 10.4. The van der Waals surface area contributed by atoms with Gasteiger partial charge in [0.1, 0.15) is 0 Å². The van der Waals surface area contributed by atoms with E-state index in [1.165, 1.54) is 13.0 Å². The molecular weight excluding hydrogens is 158 g/mol. The highest BCUT2D eigenvalue weighted by Crippen LogP contribution is 2.15. The molecule has 1 heteroatoms. The number of rotatable bonds is 6. The Morgan fingerprint density at radius 1 is 1.23 bits per heavy atom.